The van der Waals surface area contributed by atoms with Gasteiger partial charge in [0.05, 0.1) is 6.04 Å². The van der Waals surface area contributed by atoms with Crippen LogP contribution in [0, 0.1) is 0 Å². The summed E-state index contributed by atoms with van der Waals surface area (Å²) < 4.78 is 1.18. The van der Waals surface area contributed by atoms with Crippen molar-refractivity contribution in [2.24, 2.45) is 0 Å². The Hall–Kier alpha value is -2.43. The first kappa shape index (κ1) is 12.0. The molecule has 0 aliphatic heterocycles. The van der Waals surface area contributed by atoms with E-state index in [1.165, 1.54) is 16.8 Å². The number of aromatic nitrogens is 2. The van der Waals surface area contributed by atoms with Crippen LogP contribution in [0.2, 0.25) is 0 Å². The maximum atomic E-state index is 11.7. The number of benzene rings is 1. The van der Waals surface area contributed by atoms with Crippen LogP contribution in [-0.4, -0.2) is 20.9 Å². The van der Waals surface area contributed by atoms with Crippen LogP contribution in [-0.2, 0) is 0 Å². The van der Waals surface area contributed by atoms with Crippen LogP contribution in [0.4, 0.5) is 0 Å². The first-order valence-corrected chi connectivity index (χ1v) is 5.47. The number of carboxylic acid groups (broad SMARTS) is 1. The zero-order valence-corrected chi connectivity index (χ0v) is 9.78. The van der Waals surface area contributed by atoms with Crippen molar-refractivity contribution < 1.29 is 9.90 Å². The van der Waals surface area contributed by atoms with Crippen LogP contribution in [0.25, 0.3) is 0 Å². The summed E-state index contributed by atoms with van der Waals surface area (Å²) in [6.45, 7) is 1.80. The predicted molar refractivity (Wildman–Crippen MR) is 65.7 cm³/mol. The van der Waals surface area contributed by atoms with Crippen molar-refractivity contribution >= 4 is 5.97 Å². The highest BCUT2D eigenvalue weighted by atomic mass is 16.4. The van der Waals surface area contributed by atoms with E-state index in [1.807, 2.05) is 30.3 Å². The minimum Gasteiger partial charge on any atom is -0.476 e. The van der Waals surface area contributed by atoms with Crippen LogP contribution >= 0.6 is 0 Å². The van der Waals surface area contributed by atoms with E-state index in [0.29, 0.717) is 0 Å². The van der Waals surface area contributed by atoms with Gasteiger partial charge in [0.1, 0.15) is 0 Å². The zero-order valence-electron chi connectivity index (χ0n) is 9.78. The number of rotatable bonds is 3. The second-order valence-corrected chi connectivity index (χ2v) is 3.89. The monoisotopic (exact) mass is 244 g/mol. The van der Waals surface area contributed by atoms with E-state index >= 15 is 0 Å². The van der Waals surface area contributed by atoms with Crippen molar-refractivity contribution in [3.8, 4) is 0 Å². The molecule has 2 rings (SSSR count). The molecule has 92 valence electrons. The van der Waals surface area contributed by atoms with Gasteiger partial charge < -0.3 is 5.11 Å². The van der Waals surface area contributed by atoms with Crippen LogP contribution < -0.4 is 5.56 Å². The van der Waals surface area contributed by atoms with Crippen molar-refractivity contribution in [1.82, 2.24) is 9.78 Å². The summed E-state index contributed by atoms with van der Waals surface area (Å²) in [5, 5.41) is 12.7. The van der Waals surface area contributed by atoms with E-state index in [2.05, 4.69) is 5.10 Å². The van der Waals surface area contributed by atoms with Crippen LogP contribution in [0.3, 0.4) is 0 Å². The second kappa shape index (κ2) is 4.83. The normalized spacial score (nSPS) is 12.1. The molecule has 1 atom stereocenters. The average molecular weight is 244 g/mol. The third-order valence-electron chi connectivity index (χ3n) is 2.69. The molecule has 0 spiro atoms. The predicted octanol–water partition coefficient (Wildman–Crippen LogP) is 1.55. The van der Waals surface area contributed by atoms with E-state index in [1.54, 1.807) is 6.92 Å². The lowest BCUT2D eigenvalue weighted by Crippen LogP contribution is -2.27. The summed E-state index contributed by atoms with van der Waals surface area (Å²) in [5.74, 6) is -1.15. The summed E-state index contributed by atoms with van der Waals surface area (Å²) in [5.41, 5.74) is 0.434. The van der Waals surface area contributed by atoms with Crippen molar-refractivity contribution in [3.05, 3.63) is 64.1 Å². The van der Waals surface area contributed by atoms with Crippen LogP contribution in [0.5, 0.6) is 0 Å². The minimum atomic E-state index is -1.15. The SMILES string of the molecule is CC(c1ccccc1)n1nc(C(=O)O)ccc1=O. The Bertz CT molecular complexity index is 620. The molecule has 0 amide bonds. The van der Waals surface area contributed by atoms with E-state index in [4.69, 9.17) is 5.11 Å². The fourth-order valence-electron chi connectivity index (χ4n) is 1.69. The Morgan fingerprint density at radius 3 is 2.50 bits per heavy atom. The molecule has 0 saturated carbocycles. The van der Waals surface area contributed by atoms with Gasteiger partial charge in [0, 0.05) is 6.07 Å². The summed E-state index contributed by atoms with van der Waals surface area (Å²) in [7, 11) is 0. The molecule has 0 radical (unpaired) electrons. The lowest BCUT2D eigenvalue weighted by molar-refractivity contribution is 0.0687. The molecule has 0 fully saturated rings. The van der Waals surface area contributed by atoms with Gasteiger partial charge in [-0.1, -0.05) is 30.3 Å². The Balaban J connectivity index is 2.48. The van der Waals surface area contributed by atoms with Crippen molar-refractivity contribution in [2.75, 3.05) is 0 Å². The number of aromatic carboxylic acids is 1. The largest absolute Gasteiger partial charge is 0.476 e. The topological polar surface area (TPSA) is 72.2 Å². The van der Waals surface area contributed by atoms with Crippen molar-refractivity contribution in [3.63, 3.8) is 0 Å². The molecule has 1 unspecified atom stereocenters. The molecule has 1 heterocycles. The molecule has 1 aromatic heterocycles. The molecule has 2 aromatic rings. The first-order valence-electron chi connectivity index (χ1n) is 5.47. The molecule has 0 aliphatic rings. The molecule has 5 heteroatoms. The van der Waals surface area contributed by atoms with Gasteiger partial charge in [-0.2, -0.15) is 5.10 Å². The Kier molecular flexibility index (Phi) is 3.23. The Morgan fingerprint density at radius 1 is 1.22 bits per heavy atom. The summed E-state index contributed by atoms with van der Waals surface area (Å²) in [6, 6.07) is 11.4. The molecular weight excluding hydrogens is 232 g/mol. The van der Waals surface area contributed by atoms with Gasteiger partial charge in [0.25, 0.3) is 5.56 Å². The van der Waals surface area contributed by atoms with Crippen LogP contribution in [0.1, 0.15) is 29.0 Å². The molecular formula is C13H12N2O3. The third kappa shape index (κ3) is 2.29. The van der Waals surface area contributed by atoms with Crippen molar-refractivity contribution in [1.29, 1.82) is 0 Å². The van der Waals surface area contributed by atoms with E-state index < -0.39 is 5.97 Å². The highest BCUT2D eigenvalue weighted by Crippen LogP contribution is 2.14. The van der Waals surface area contributed by atoms with E-state index in [9.17, 15) is 9.59 Å². The molecule has 18 heavy (non-hydrogen) atoms. The molecule has 1 N–H and O–H groups in total. The van der Waals surface area contributed by atoms with Gasteiger partial charge in [-0.25, -0.2) is 9.48 Å². The smallest absolute Gasteiger partial charge is 0.356 e. The highest BCUT2D eigenvalue weighted by Gasteiger charge is 2.13. The number of hydrogen-bond donors (Lipinski definition) is 1. The lowest BCUT2D eigenvalue weighted by atomic mass is 10.1. The summed E-state index contributed by atoms with van der Waals surface area (Å²) in [4.78, 5) is 22.6. The standard InChI is InChI=1S/C13H12N2O3/c1-9(10-5-3-2-4-6-10)15-12(16)8-7-11(14-15)13(17)18/h2-9H,1H3,(H,17,18). The summed E-state index contributed by atoms with van der Waals surface area (Å²) >= 11 is 0. The number of carbonyl (C=O) groups is 1. The Morgan fingerprint density at radius 2 is 1.89 bits per heavy atom. The fraction of sp³-hybridized carbons (Fsp3) is 0.154. The zero-order chi connectivity index (χ0) is 13.1. The number of hydrogen-bond acceptors (Lipinski definition) is 3. The maximum Gasteiger partial charge on any atom is 0.356 e. The average Bonchev–Trinajstić information content (AvgIpc) is 2.39. The van der Waals surface area contributed by atoms with Gasteiger partial charge in [-0.15, -0.1) is 0 Å². The number of nitrogens with zero attached hydrogens (tertiary/aromatic N) is 2. The number of carboxylic acids is 1. The molecule has 0 bridgehead atoms. The maximum absolute atomic E-state index is 11.7. The molecule has 0 saturated heterocycles. The Labute approximate surface area is 103 Å². The van der Waals surface area contributed by atoms with Crippen LogP contribution in [0.15, 0.2) is 47.3 Å². The minimum absolute atomic E-state index is 0.141. The van der Waals surface area contributed by atoms with E-state index in [-0.39, 0.29) is 17.3 Å². The summed E-state index contributed by atoms with van der Waals surface area (Å²) in [6.07, 6.45) is 0. The lowest BCUT2D eigenvalue weighted by Gasteiger charge is -2.14. The van der Waals surface area contributed by atoms with Gasteiger partial charge >= 0.3 is 5.97 Å². The third-order valence-corrected chi connectivity index (χ3v) is 2.69. The first-order chi connectivity index (χ1) is 8.59. The quantitative estimate of drug-likeness (QED) is 0.889. The van der Waals surface area contributed by atoms with E-state index in [0.717, 1.165) is 5.56 Å². The van der Waals surface area contributed by atoms with Crippen molar-refractivity contribution in [2.45, 2.75) is 13.0 Å². The van der Waals surface area contributed by atoms with Gasteiger partial charge in [0.15, 0.2) is 5.69 Å². The van der Waals surface area contributed by atoms with Gasteiger partial charge in [-0.3, -0.25) is 4.79 Å². The fourth-order valence-corrected chi connectivity index (χ4v) is 1.69. The van der Waals surface area contributed by atoms with Gasteiger partial charge in [0.2, 0.25) is 0 Å². The molecule has 0 aliphatic carbocycles. The highest BCUT2D eigenvalue weighted by molar-refractivity contribution is 5.84. The molecule has 1 aromatic carbocycles. The van der Waals surface area contributed by atoms with Gasteiger partial charge in [-0.05, 0) is 18.6 Å². The molecule has 5 nitrogen and oxygen atoms in total. The second-order valence-electron chi connectivity index (χ2n) is 3.89.